The highest BCUT2D eigenvalue weighted by Crippen LogP contribution is 2.51. The predicted molar refractivity (Wildman–Crippen MR) is 250 cm³/mol. The molecule has 4 heterocycles. The van der Waals surface area contributed by atoms with Gasteiger partial charge in [-0.25, -0.2) is 4.98 Å². The topological polar surface area (TPSA) is 19.4 Å². The van der Waals surface area contributed by atoms with E-state index < -0.39 is 17.5 Å². The van der Waals surface area contributed by atoms with Gasteiger partial charge < -0.3 is 4.90 Å². The fraction of sp³-hybridized carbons (Fsp3) is 0.404. The lowest BCUT2D eigenvalue weighted by molar-refractivity contribution is 0.332. The average molecular weight is 777 g/mol. The smallest absolute Gasteiger partial charge is 0.266 e. The fourth-order valence-corrected chi connectivity index (χ4v) is 10.4. The van der Waals surface area contributed by atoms with Gasteiger partial charge in [-0.2, -0.15) is 0 Å². The van der Waals surface area contributed by atoms with Crippen molar-refractivity contribution in [2.45, 2.75) is 137 Å². The van der Waals surface area contributed by atoms with Crippen molar-refractivity contribution in [3.63, 3.8) is 0 Å². The Bertz CT molecular complexity index is 2990. The summed E-state index contributed by atoms with van der Waals surface area (Å²) >= 11 is 1.68. The van der Waals surface area contributed by atoms with E-state index in [9.17, 15) is 9.60 Å². The van der Waals surface area contributed by atoms with Crippen molar-refractivity contribution < 1.29 is 9.60 Å². The molecule has 2 aromatic heterocycles. The lowest BCUT2D eigenvalue weighted by atomic mass is 9.36. The molecular formula is C52H60BN3S. The summed E-state index contributed by atoms with van der Waals surface area (Å²) < 4.78 is 70.0. The van der Waals surface area contributed by atoms with Gasteiger partial charge in [0, 0.05) is 43.3 Å². The van der Waals surface area contributed by atoms with Gasteiger partial charge in [-0.15, -0.1) is 11.3 Å². The number of thiophene rings is 1. The van der Waals surface area contributed by atoms with Crippen LogP contribution < -0.4 is 25.5 Å². The standard InChI is InChI=1S/C52H60BN3S/c1-31-27-42-44-47(54-31)56(36-21-22-38-39(30-36)52(13,14)26-25-51(38,11)12)45-37-28-33(49(5,6)7)18-24-43(37)57-46(45)53(44)40-29-34(50(8,9)10)17-23-41(40)55(42)35-19-15-32(16-20-35)48(2,3)4/h15-24,27-30H,25-26H2,1-14H3/i15D,16D,17D,19D,20D,23D,29D. The van der Waals surface area contributed by atoms with E-state index in [1.54, 1.807) is 16.2 Å². The van der Waals surface area contributed by atoms with E-state index in [-0.39, 0.29) is 69.9 Å². The van der Waals surface area contributed by atoms with E-state index in [2.05, 4.69) is 89.8 Å². The van der Waals surface area contributed by atoms with Crippen LogP contribution in [0.2, 0.25) is 0 Å². The Kier molecular flexibility index (Phi) is 6.64. The Morgan fingerprint density at radius 3 is 1.95 bits per heavy atom. The van der Waals surface area contributed by atoms with Crippen LogP contribution in [0.3, 0.4) is 0 Å². The minimum absolute atomic E-state index is 0.00101. The molecule has 1 aliphatic carbocycles. The van der Waals surface area contributed by atoms with Gasteiger partial charge in [0.1, 0.15) is 5.82 Å². The second-order valence-electron chi connectivity index (χ2n) is 21.1. The van der Waals surface area contributed by atoms with E-state index in [0.29, 0.717) is 33.8 Å². The van der Waals surface area contributed by atoms with E-state index in [0.717, 1.165) is 44.5 Å². The number of aromatic nitrogens is 1. The molecule has 0 spiro atoms. The van der Waals surface area contributed by atoms with E-state index in [1.807, 2.05) is 54.5 Å². The number of hydrogen-bond donors (Lipinski definition) is 0. The van der Waals surface area contributed by atoms with E-state index in [1.165, 1.54) is 16.7 Å². The molecule has 292 valence electrons. The van der Waals surface area contributed by atoms with Crippen molar-refractivity contribution in [1.29, 1.82) is 0 Å². The summed E-state index contributed by atoms with van der Waals surface area (Å²) in [5.74, 6) is 0.664. The van der Waals surface area contributed by atoms with Gasteiger partial charge in [-0.3, -0.25) is 4.90 Å². The SMILES string of the molecule is [2H]c1c([2H])c(C(C)(C)C)c([2H])c([2H])c1N1c2cc(C)nc3c2B(c2sc4ccc(C(C)(C)C)cc4c2N3c2ccc3c(c2)C(C)(C)CCC3(C)C)c2c([2H])c(C(C)(C)C)c([2H])c([2H])c21. The first-order valence-corrected chi connectivity index (χ1v) is 21.4. The molecule has 2 aliphatic heterocycles. The van der Waals surface area contributed by atoms with Crippen molar-refractivity contribution in [1.82, 2.24) is 4.98 Å². The van der Waals surface area contributed by atoms with Crippen molar-refractivity contribution in [3.05, 3.63) is 118 Å². The van der Waals surface area contributed by atoms with Crippen molar-refractivity contribution in [2.75, 3.05) is 9.80 Å². The molecule has 0 atom stereocenters. The first-order chi connectivity index (χ1) is 29.5. The molecule has 3 nitrogen and oxygen atoms in total. The summed E-state index contributed by atoms with van der Waals surface area (Å²) in [5.41, 5.74) is 7.72. The lowest BCUT2D eigenvalue weighted by Crippen LogP contribution is -2.61. The second kappa shape index (κ2) is 12.3. The van der Waals surface area contributed by atoms with Crippen molar-refractivity contribution in [3.8, 4) is 0 Å². The van der Waals surface area contributed by atoms with Crippen molar-refractivity contribution in [2.24, 2.45) is 0 Å². The maximum absolute atomic E-state index is 10.3. The van der Waals surface area contributed by atoms with Crippen LogP contribution in [0.1, 0.15) is 146 Å². The fourth-order valence-electron chi connectivity index (χ4n) is 9.08. The number of pyridine rings is 1. The van der Waals surface area contributed by atoms with Crippen LogP contribution >= 0.6 is 11.3 Å². The minimum atomic E-state index is -0.690. The zero-order chi connectivity index (χ0) is 46.9. The first-order valence-electron chi connectivity index (χ1n) is 24.1. The average Bonchev–Trinajstić information content (AvgIpc) is 3.55. The molecule has 0 bridgehead atoms. The van der Waals surface area contributed by atoms with Gasteiger partial charge in [0.15, 0.2) is 0 Å². The Balaban J connectivity index is 1.49. The Labute approximate surface area is 356 Å². The van der Waals surface area contributed by atoms with Crippen LogP contribution in [0.4, 0.5) is 34.3 Å². The highest BCUT2D eigenvalue weighted by molar-refractivity contribution is 7.33. The third-order valence-electron chi connectivity index (χ3n) is 12.7. The van der Waals surface area contributed by atoms with Crippen LogP contribution in [0.5, 0.6) is 0 Å². The largest absolute Gasteiger partial charge is 0.311 e. The molecule has 0 amide bonds. The van der Waals surface area contributed by atoms with Gasteiger partial charge in [0.2, 0.25) is 0 Å². The van der Waals surface area contributed by atoms with Crippen LogP contribution in [0.25, 0.3) is 10.1 Å². The molecule has 0 saturated carbocycles. The number of aryl methyl sites for hydroxylation is 1. The summed E-state index contributed by atoms with van der Waals surface area (Å²) in [7, 11) is 0. The normalized spacial score (nSPS) is 18.7. The highest BCUT2D eigenvalue weighted by Gasteiger charge is 2.47. The second-order valence-corrected chi connectivity index (χ2v) is 22.2. The molecule has 0 fully saturated rings. The van der Waals surface area contributed by atoms with Gasteiger partial charge in [-0.05, 0) is 134 Å². The van der Waals surface area contributed by atoms with Crippen LogP contribution in [0.15, 0.2) is 84.8 Å². The molecule has 9 rings (SSSR count). The molecule has 3 aliphatic rings. The number of rotatable bonds is 2. The van der Waals surface area contributed by atoms with Gasteiger partial charge in [0.25, 0.3) is 6.71 Å². The van der Waals surface area contributed by atoms with Gasteiger partial charge in [-0.1, -0.05) is 126 Å². The molecule has 5 heteroatoms. The maximum atomic E-state index is 10.3. The van der Waals surface area contributed by atoms with Crippen LogP contribution in [0, 0.1) is 6.92 Å². The van der Waals surface area contributed by atoms with Gasteiger partial charge >= 0.3 is 0 Å². The van der Waals surface area contributed by atoms with Crippen LogP contribution in [-0.4, -0.2) is 11.7 Å². The highest BCUT2D eigenvalue weighted by atomic mass is 32.1. The molecule has 57 heavy (non-hydrogen) atoms. The summed E-state index contributed by atoms with van der Waals surface area (Å²) in [6, 6.07) is 14.7. The minimum Gasteiger partial charge on any atom is -0.311 e. The quantitative estimate of drug-likeness (QED) is 0.163. The summed E-state index contributed by atoms with van der Waals surface area (Å²) in [4.78, 5) is 9.44. The molecule has 0 saturated heterocycles. The number of nitrogens with zero attached hydrogens (tertiary/aromatic N) is 3. The van der Waals surface area contributed by atoms with Crippen LogP contribution in [-0.2, 0) is 27.1 Å². The van der Waals surface area contributed by atoms with E-state index in [4.69, 9.17) is 4.98 Å². The first kappa shape index (κ1) is 30.7. The number of fused-ring (bicyclic) bond motifs is 7. The Hall–Kier alpha value is -4.35. The number of hydrogen-bond acceptors (Lipinski definition) is 4. The molecular weight excluding hydrogens is 709 g/mol. The van der Waals surface area contributed by atoms with Gasteiger partial charge in [0.05, 0.1) is 15.3 Å². The molecule has 0 unspecified atom stereocenters. The monoisotopic (exact) mass is 777 g/mol. The maximum Gasteiger partial charge on any atom is 0.266 e. The summed E-state index contributed by atoms with van der Waals surface area (Å²) in [5, 5.41) is 1.08. The molecule has 0 N–H and O–H groups in total. The third kappa shape index (κ3) is 6.00. The van der Waals surface area contributed by atoms with Crippen molar-refractivity contribution >= 4 is 78.1 Å². The zero-order valence-corrected chi connectivity index (χ0v) is 37.1. The zero-order valence-electron chi connectivity index (χ0n) is 43.3. The third-order valence-corrected chi connectivity index (χ3v) is 13.9. The number of anilines is 6. The summed E-state index contributed by atoms with van der Waals surface area (Å²) in [6.45, 7) is 29.0. The molecule has 0 radical (unpaired) electrons. The lowest BCUT2D eigenvalue weighted by Gasteiger charge is -2.44. The Morgan fingerprint density at radius 2 is 1.30 bits per heavy atom. The molecule has 6 aromatic rings. The number of benzene rings is 4. The van der Waals surface area contributed by atoms with E-state index >= 15 is 0 Å². The molecule has 4 aromatic carbocycles. The predicted octanol–water partition coefficient (Wildman–Crippen LogP) is 12.9. The summed E-state index contributed by atoms with van der Waals surface area (Å²) in [6.07, 6.45) is 2.14. The Morgan fingerprint density at radius 1 is 0.667 bits per heavy atom.